The van der Waals surface area contributed by atoms with Crippen molar-refractivity contribution >= 4 is 0 Å². The van der Waals surface area contributed by atoms with Crippen molar-refractivity contribution in [3.05, 3.63) is 23.8 Å². The lowest BCUT2D eigenvalue weighted by molar-refractivity contribution is 0.821. The summed E-state index contributed by atoms with van der Waals surface area (Å²) >= 11 is 0. The molecule has 1 aliphatic carbocycles. The molecule has 0 aliphatic heterocycles. The smallest absolute Gasteiger partial charge is 0.0914 e. The monoisotopic (exact) mass is 119 g/mol. The van der Waals surface area contributed by atoms with Crippen LogP contribution in [0.25, 0.3) is 0 Å². The Bertz CT molecular complexity index is 181. The molecule has 9 heavy (non-hydrogen) atoms. The third kappa shape index (κ3) is 1.73. The van der Waals surface area contributed by atoms with E-state index in [4.69, 9.17) is 5.26 Å². The Kier molecular flexibility index (Phi) is 2.09. The van der Waals surface area contributed by atoms with E-state index in [9.17, 15) is 0 Å². The van der Waals surface area contributed by atoms with Crippen molar-refractivity contribution in [2.24, 2.45) is 0 Å². The predicted molar refractivity (Wildman–Crippen MR) is 36.7 cm³/mol. The predicted octanol–water partition coefficient (Wildman–Crippen LogP) is 2.18. The maximum atomic E-state index is 8.26. The van der Waals surface area contributed by atoms with E-state index >= 15 is 0 Å². The summed E-state index contributed by atoms with van der Waals surface area (Å²) in [4.78, 5) is 0. The van der Waals surface area contributed by atoms with Crippen LogP contribution in [0.5, 0.6) is 0 Å². The van der Waals surface area contributed by atoms with Crippen LogP contribution in [0.1, 0.15) is 19.3 Å². The van der Waals surface area contributed by atoms with Gasteiger partial charge in [-0.25, -0.2) is 0 Å². The van der Waals surface area contributed by atoms with Gasteiger partial charge in [0.05, 0.1) is 6.07 Å². The first-order chi connectivity index (χ1) is 4.43. The second kappa shape index (κ2) is 3.09. The minimum atomic E-state index is 1.07. The molecule has 0 fully saturated rings. The second-order valence-corrected chi connectivity index (χ2v) is 2.14. The highest BCUT2D eigenvalue weighted by molar-refractivity contribution is 5.26. The van der Waals surface area contributed by atoms with Crippen molar-refractivity contribution < 1.29 is 0 Å². The number of nitrogens with zero attached hydrogens (tertiary/aromatic N) is 1. The van der Waals surface area contributed by atoms with Gasteiger partial charge in [0.1, 0.15) is 0 Å². The van der Waals surface area contributed by atoms with Crippen LogP contribution in [-0.2, 0) is 0 Å². The summed E-state index contributed by atoms with van der Waals surface area (Å²) < 4.78 is 0. The van der Waals surface area contributed by atoms with Gasteiger partial charge in [0.25, 0.3) is 0 Å². The van der Waals surface area contributed by atoms with Crippen LogP contribution >= 0.6 is 0 Å². The summed E-state index contributed by atoms with van der Waals surface area (Å²) in [5.74, 6) is 0. The molecule has 0 amide bonds. The van der Waals surface area contributed by atoms with Crippen LogP contribution in [0.3, 0.4) is 0 Å². The van der Waals surface area contributed by atoms with Gasteiger partial charge in [0.2, 0.25) is 0 Å². The van der Waals surface area contributed by atoms with E-state index in [1.54, 1.807) is 6.08 Å². The van der Waals surface area contributed by atoms with Gasteiger partial charge in [0, 0.05) is 6.08 Å². The first-order valence-electron chi connectivity index (χ1n) is 3.18. The largest absolute Gasteiger partial charge is 0.193 e. The van der Waals surface area contributed by atoms with Gasteiger partial charge < -0.3 is 0 Å². The van der Waals surface area contributed by atoms with Crippen LogP contribution in [0.15, 0.2) is 23.8 Å². The van der Waals surface area contributed by atoms with E-state index in [1.165, 1.54) is 18.4 Å². The Morgan fingerprint density at radius 2 is 2.56 bits per heavy atom. The standard InChI is InChI=1S/C8H9N/c9-7-6-8-4-2-1-3-5-8/h2,4,6H,1,3,5H2/b8-6+. The van der Waals surface area contributed by atoms with Gasteiger partial charge in [0.15, 0.2) is 0 Å². The zero-order chi connectivity index (χ0) is 6.53. The SMILES string of the molecule is N#C/C=C1\C=CCCC1. The van der Waals surface area contributed by atoms with E-state index in [-0.39, 0.29) is 0 Å². The lowest BCUT2D eigenvalue weighted by atomic mass is 10.0. The topological polar surface area (TPSA) is 23.8 Å². The fraction of sp³-hybridized carbons (Fsp3) is 0.375. The highest BCUT2D eigenvalue weighted by Gasteiger charge is 1.96. The van der Waals surface area contributed by atoms with E-state index in [2.05, 4.69) is 6.08 Å². The minimum absolute atomic E-state index is 1.07. The summed E-state index contributed by atoms with van der Waals surface area (Å²) in [7, 11) is 0. The maximum absolute atomic E-state index is 8.26. The Balaban J connectivity index is 2.62. The summed E-state index contributed by atoms with van der Waals surface area (Å²) in [6, 6.07) is 2.02. The Labute approximate surface area is 55.3 Å². The van der Waals surface area contributed by atoms with Crippen molar-refractivity contribution in [2.75, 3.05) is 0 Å². The van der Waals surface area contributed by atoms with Crippen molar-refractivity contribution in [2.45, 2.75) is 19.3 Å². The summed E-state index contributed by atoms with van der Waals surface area (Å²) in [6.45, 7) is 0. The molecule has 46 valence electrons. The molecule has 0 saturated heterocycles. The fourth-order valence-electron chi connectivity index (χ4n) is 0.945. The quantitative estimate of drug-likeness (QED) is 0.448. The van der Waals surface area contributed by atoms with Gasteiger partial charge >= 0.3 is 0 Å². The minimum Gasteiger partial charge on any atom is -0.193 e. The molecule has 0 heterocycles. The average molecular weight is 119 g/mol. The van der Waals surface area contributed by atoms with E-state index in [0.717, 1.165) is 6.42 Å². The first kappa shape index (κ1) is 6.10. The first-order valence-corrected chi connectivity index (χ1v) is 3.18. The molecule has 0 atom stereocenters. The van der Waals surface area contributed by atoms with Crippen LogP contribution in [-0.4, -0.2) is 0 Å². The fourth-order valence-corrected chi connectivity index (χ4v) is 0.945. The third-order valence-electron chi connectivity index (χ3n) is 1.42. The summed E-state index contributed by atoms with van der Waals surface area (Å²) in [5, 5.41) is 8.26. The zero-order valence-electron chi connectivity index (χ0n) is 5.30. The summed E-state index contributed by atoms with van der Waals surface area (Å²) in [6.07, 6.45) is 9.21. The van der Waals surface area contributed by atoms with Crippen molar-refractivity contribution in [3.63, 3.8) is 0 Å². The van der Waals surface area contributed by atoms with Gasteiger partial charge in [-0.1, -0.05) is 12.2 Å². The van der Waals surface area contributed by atoms with Crippen molar-refractivity contribution in [1.29, 1.82) is 5.26 Å². The molecule has 0 saturated carbocycles. The number of allylic oxidation sites excluding steroid dienone is 4. The van der Waals surface area contributed by atoms with E-state index in [1.807, 2.05) is 12.1 Å². The third-order valence-corrected chi connectivity index (χ3v) is 1.42. The highest BCUT2D eigenvalue weighted by atomic mass is 14.2. The number of nitriles is 1. The number of hydrogen-bond donors (Lipinski definition) is 0. The molecule has 1 heteroatoms. The number of rotatable bonds is 0. The molecule has 0 unspecified atom stereocenters. The van der Waals surface area contributed by atoms with E-state index < -0.39 is 0 Å². The summed E-state index contributed by atoms with van der Waals surface area (Å²) in [5.41, 5.74) is 1.17. The van der Waals surface area contributed by atoms with Crippen molar-refractivity contribution in [1.82, 2.24) is 0 Å². The average Bonchev–Trinajstić information content (AvgIpc) is 1.91. The van der Waals surface area contributed by atoms with Gasteiger partial charge in [-0.3, -0.25) is 0 Å². The Hall–Kier alpha value is -1.03. The van der Waals surface area contributed by atoms with Crippen LogP contribution in [0.2, 0.25) is 0 Å². The van der Waals surface area contributed by atoms with Gasteiger partial charge in [-0.15, -0.1) is 0 Å². The van der Waals surface area contributed by atoms with Crippen LogP contribution in [0, 0.1) is 11.3 Å². The molecule has 0 bridgehead atoms. The van der Waals surface area contributed by atoms with Crippen molar-refractivity contribution in [3.8, 4) is 6.07 Å². The molecular formula is C8H9N. The molecule has 1 nitrogen and oxygen atoms in total. The molecule has 0 aromatic carbocycles. The zero-order valence-corrected chi connectivity index (χ0v) is 5.30. The molecule has 1 aliphatic rings. The second-order valence-electron chi connectivity index (χ2n) is 2.14. The molecule has 1 rings (SSSR count). The molecule has 0 aromatic heterocycles. The maximum Gasteiger partial charge on any atom is 0.0914 e. The molecular weight excluding hydrogens is 110 g/mol. The molecule has 0 N–H and O–H groups in total. The lowest BCUT2D eigenvalue weighted by Gasteiger charge is -2.03. The normalized spacial score (nSPS) is 21.9. The Morgan fingerprint density at radius 1 is 1.67 bits per heavy atom. The number of hydrogen-bond acceptors (Lipinski definition) is 1. The Morgan fingerprint density at radius 3 is 3.11 bits per heavy atom. The van der Waals surface area contributed by atoms with Crippen LogP contribution < -0.4 is 0 Å². The van der Waals surface area contributed by atoms with Crippen LogP contribution in [0.4, 0.5) is 0 Å². The van der Waals surface area contributed by atoms with Gasteiger partial charge in [-0.05, 0) is 24.8 Å². The molecule has 0 radical (unpaired) electrons. The molecule has 0 aromatic rings. The van der Waals surface area contributed by atoms with E-state index in [0.29, 0.717) is 0 Å². The van der Waals surface area contributed by atoms with Gasteiger partial charge in [-0.2, -0.15) is 5.26 Å². The highest BCUT2D eigenvalue weighted by Crippen LogP contribution is 2.14. The lowest BCUT2D eigenvalue weighted by Crippen LogP contribution is -1.84. The molecule has 0 spiro atoms.